The van der Waals surface area contributed by atoms with Crippen LogP contribution in [0.5, 0.6) is 0 Å². The third-order valence-electron chi connectivity index (χ3n) is 11.2. The average molecular weight is 632 g/mol. The minimum absolute atomic E-state index is 0.960. The first-order valence-corrected chi connectivity index (χ1v) is 17.5. The van der Waals surface area contributed by atoms with Crippen molar-refractivity contribution >= 4 is 110 Å². The Labute approximate surface area is 297 Å². The molecule has 1 aromatic heterocycles. The molecule has 0 saturated carbocycles. The predicted octanol–water partition coefficient (Wildman–Crippen LogP) is 2.78. The highest BCUT2D eigenvalue weighted by molar-refractivity contribution is 6.68. The van der Waals surface area contributed by atoms with Gasteiger partial charge in [0.15, 0.2) is 0 Å². The Morgan fingerprint density at radius 1 is 0.380 bits per heavy atom. The number of rotatable bonds is 4. The maximum Gasteiger partial charge on any atom is 0.146 e. The Hall–Kier alpha value is -5.67. The summed E-state index contributed by atoms with van der Waals surface area (Å²) in [5.41, 5.74) is 16.0. The van der Waals surface area contributed by atoms with Crippen LogP contribution in [0.15, 0.2) is 140 Å². The molecule has 9 rings (SSSR count). The van der Waals surface area contributed by atoms with E-state index in [1.165, 1.54) is 87.6 Å². The Balaban J connectivity index is 1.41. The summed E-state index contributed by atoms with van der Waals surface area (Å²) < 4.78 is 2.42. The van der Waals surface area contributed by atoms with E-state index in [1.807, 2.05) is 0 Å². The molecular formula is C43H33B5N2. The Morgan fingerprint density at radius 2 is 0.820 bits per heavy atom. The van der Waals surface area contributed by atoms with Crippen LogP contribution in [-0.4, -0.2) is 48.8 Å². The van der Waals surface area contributed by atoms with E-state index in [-0.39, 0.29) is 0 Å². The number of benzene rings is 8. The van der Waals surface area contributed by atoms with E-state index in [9.17, 15) is 0 Å². The molecule has 50 heavy (non-hydrogen) atoms. The molecule has 0 amide bonds. The summed E-state index contributed by atoms with van der Waals surface area (Å²) in [5, 5.41) is 7.48. The first-order valence-electron chi connectivity index (χ1n) is 17.5. The van der Waals surface area contributed by atoms with Crippen molar-refractivity contribution in [1.29, 1.82) is 0 Å². The van der Waals surface area contributed by atoms with Crippen LogP contribution in [-0.2, 0) is 0 Å². The molecule has 0 radical (unpaired) electrons. The number of aromatic nitrogens is 2. The molecule has 9 aromatic rings. The van der Waals surface area contributed by atoms with Crippen LogP contribution in [0.4, 0.5) is 0 Å². The fourth-order valence-corrected chi connectivity index (χ4v) is 8.30. The molecule has 0 atom stereocenters. The van der Waals surface area contributed by atoms with Crippen molar-refractivity contribution in [2.24, 2.45) is 0 Å². The van der Waals surface area contributed by atoms with Gasteiger partial charge in [0.05, 0.1) is 11.0 Å². The van der Waals surface area contributed by atoms with E-state index >= 15 is 0 Å². The van der Waals surface area contributed by atoms with Crippen molar-refractivity contribution in [2.75, 3.05) is 0 Å². The monoisotopic (exact) mass is 632 g/mol. The Morgan fingerprint density at radius 3 is 1.46 bits per heavy atom. The number of imidazole rings is 1. The van der Waals surface area contributed by atoms with Crippen LogP contribution >= 0.6 is 0 Å². The molecule has 0 unspecified atom stereocenters. The standard InChI is InChI=1S/C43H33B5N2/c44-37-38(45)40(47)42(41(48)39(37)46)50-34-23-10-9-22-33(34)49-43(50)32-20-8-7-19-31(32)36-29-17-5-3-15-27(29)35(28-16-4-6-18-30(28)36)26-21-11-13-24-12-1-2-14-25(24)26/h1-23H,44-48H2. The maximum absolute atomic E-state index is 5.43. The highest BCUT2D eigenvalue weighted by Crippen LogP contribution is 2.47. The average Bonchev–Trinajstić information content (AvgIpc) is 3.54. The van der Waals surface area contributed by atoms with Gasteiger partial charge in [-0.2, -0.15) is 0 Å². The second-order valence-corrected chi connectivity index (χ2v) is 13.6. The number of fused-ring (bicyclic) bond motifs is 4. The molecule has 230 valence electrons. The second kappa shape index (κ2) is 11.7. The van der Waals surface area contributed by atoms with Crippen molar-refractivity contribution in [1.82, 2.24) is 9.55 Å². The summed E-state index contributed by atoms with van der Waals surface area (Å²) >= 11 is 0. The molecule has 0 saturated heterocycles. The molecule has 0 aliphatic carbocycles. The van der Waals surface area contributed by atoms with Gasteiger partial charge in [0.2, 0.25) is 0 Å². The number of hydrogen-bond donors (Lipinski definition) is 0. The van der Waals surface area contributed by atoms with Gasteiger partial charge in [0.25, 0.3) is 0 Å². The summed E-state index contributed by atoms with van der Waals surface area (Å²) in [6.07, 6.45) is 0. The second-order valence-electron chi connectivity index (χ2n) is 13.6. The van der Waals surface area contributed by atoms with E-state index in [0.717, 1.165) is 22.4 Å². The third-order valence-corrected chi connectivity index (χ3v) is 11.2. The van der Waals surface area contributed by atoms with Gasteiger partial charge in [0.1, 0.15) is 45.1 Å². The summed E-state index contributed by atoms with van der Waals surface area (Å²) in [6.45, 7) is 0. The first kappa shape index (κ1) is 30.4. The lowest BCUT2D eigenvalue weighted by atomic mass is 9.61. The number of hydrogen-bond acceptors (Lipinski definition) is 1. The van der Waals surface area contributed by atoms with Crippen molar-refractivity contribution in [3.05, 3.63) is 140 Å². The zero-order valence-corrected chi connectivity index (χ0v) is 29.2. The number of nitrogens with zero attached hydrogens (tertiary/aromatic N) is 2. The summed E-state index contributed by atoms with van der Waals surface area (Å²) in [6, 6.07) is 50.7. The van der Waals surface area contributed by atoms with Crippen molar-refractivity contribution in [2.45, 2.75) is 0 Å². The lowest BCUT2D eigenvalue weighted by Crippen LogP contribution is -2.56. The zero-order valence-electron chi connectivity index (χ0n) is 29.2. The van der Waals surface area contributed by atoms with E-state index in [1.54, 1.807) is 0 Å². The normalized spacial score (nSPS) is 11.6. The summed E-state index contributed by atoms with van der Waals surface area (Å²) in [4.78, 5) is 5.43. The van der Waals surface area contributed by atoms with Gasteiger partial charge >= 0.3 is 0 Å². The first-order chi connectivity index (χ1) is 24.4. The fourth-order valence-electron chi connectivity index (χ4n) is 8.30. The van der Waals surface area contributed by atoms with Crippen molar-refractivity contribution < 1.29 is 0 Å². The van der Waals surface area contributed by atoms with E-state index in [0.29, 0.717) is 0 Å². The van der Waals surface area contributed by atoms with E-state index in [2.05, 4.69) is 183 Å². The quantitative estimate of drug-likeness (QED) is 0.216. The van der Waals surface area contributed by atoms with Crippen LogP contribution < -0.4 is 27.3 Å². The van der Waals surface area contributed by atoms with Crippen molar-refractivity contribution in [3.63, 3.8) is 0 Å². The molecule has 0 spiro atoms. The number of para-hydroxylation sites is 2. The van der Waals surface area contributed by atoms with Crippen LogP contribution in [0.1, 0.15) is 0 Å². The third kappa shape index (κ3) is 4.46. The molecule has 0 bridgehead atoms. The van der Waals surface area contributed by atoms with Gasteiger partial charge in [-0.05, 0) is 66.7 Å². The maximum atomic E-state index is 5.43. The SMILES string of the molecule is Bc1c(B)c(B)c(-n2c(-c3ccccc3-c3c4ccccc4c(-c4cccc5ccccc45)c4ccccc34)nc3ccccc32)c(B)c1B. The van der Waals surface area contributed by atoms with Crippen LogP contribution in [0.3, 0.4) is 0 Å². The van der Waals surface area contributed by atoms with Crippen LogP contribution in [0.25, 0.3) is 82.7 Å². The topological polar surface area (TPSA) is 17.8 Å². The molecule has 2 nitrogen and oxygen atoms in total. The summed E-state index contributed by atoms with van der Waals surface area (Å²) in [5.74, 6) is 0.960. The van der Waals surface area contributed by atoms with Gasteiger partial charge in [-0.3, -0.25) is 4.57 Å². The van der Waals surface area contributed by atoms with Gasteiger partial charge in [-0.1, -0.05) is 149 Å². The van der Waals surface area contributed by atoms with Gasteiger partial charge in [-0.25, -0.2) is 4.98 Å². The van der Waals surface area contributed by atoms with E-state index in [4.69, 9.17) is 4.98 Å². The van der Waals surface area contributed by atoms with Gasteiger partial charge in [-0.15, -0.1) is 5.46 Å². The van der Waals surface area contributed by atoms with Gasteiger partial charge < -0.3 is 0 Å². The Bertz CT molecular complexity index is 2750. The van der Waals surface area contributed by atoms with Gasteiger partial charge in [0, 0.05) is 11.3 Å². The lowest BCUT2D eigenvalue weighted by molar-refractivity contribution is 1.12. The minimum Gasteiger partial charge on any atom is -0.294 e. The molecule has 0 aliphatic heterocycles. The molecular weight excluding hydrogens is 599 g/mol. The largest absolute Gasteiger partial charge is 0.294 e. The molecule has 0 N–H and O–H groups in total. The predicted molar refractivity (Wildman–Crippen MR) is 231 cm³/mol. The summed E-state index contributed by atoms with van der Waals surface area (Å²) in [7, 11) is 11.3. The van der Waals surface area contributed by atoms with Crippen LogP contribution in [0, 0.1) is 0 Å². The highest BCUT2D eigenvalue weighted by atomic mass is 15.1. The van der Waals surface area contributed by atoms with Crippen molar-refractivity contribution in [3.8, 4) is 39.3 Å². The zero-order chi connectivity index (χ0) is 34.1. The Kier molecular flexibility index (Phi) is 7.14. The molecule has 0 aliphatic rings. The lowest BCUT2D eigenvalue weighted by Gasteiger charge is -2.24. The smallest absolute Gasteiger partial charge is 0.146 e. The fraction of sp³-hybridized carbons (Fsp3) is 0. The molecule has 1 heterocycles. The highest BCUT2D eigenvalue weighted by Gasteiger charge is 2.24. The van der Waals surface area contributed by atoms with E-state index < -0.39 is 0 Å². The molecule has 0 fully saturated rings. The minimum atomic E-state index is 0.960. The molecule has 8 aromatic carbocycles. The molecule has 7 heteroatoms. The van der Waals surface area contributed by atoms with Crippen LogP contribution in [0.2, 0.25) is 0 Å².